The average Bonchev–Trinajstić information content (AvgIpc) is 2.62. The molecule has 0 unspecified atom stereocenters. The van der Waals surface area contributed by atoms with E-state index >= 15 is 0 Å². The number of rotatable bonds is 2. The van der Waals surface area contributed by atoms with Crippen molar-refractivity contribution in [3.05, 3.63) is 0 Å². The fraction of sp³-hybridized carbons (Fsp3) is 1.00. The van der Waals surface area contributed by atoms with Gasteiger partial charge in [-0.2, -0.15) is 0 Å². The molecular formula is C22H50O. The number of hydrogen-bond acceptors (Lipinski definition) is 1. The zero-order valence-corrected chi connectivity index (χ0v) is 18.0. The summed E-state index contributed by atoms with van der Waals surface area (Å²) in [5, 5.41) is 0. The summed E-state index contributed by atoms with van der Waals surface area (Å²) in [6, 6.07) is 0. The van der Waals surface area contributed by atoms with Crippen LogP contribution < -0.4 is 0 Å². The van der Waals surface area contributed by atoms with Crippen molar-refractivity contribution in [2.24, 2.45) is 0 Å². The Bertz CT molecular complexity index is 137. The summed E-state index contributed by atoms with van der Waals surface area (Å²) in [5.41, 5.74) is 0. The molecule has 0 radical (unpaired) electrons. The van der Waals surface area contributed by atoms with E-state index in [2.05, 4.69) is 27.7 Å². The van der Waals surface area contributed by atoms with Gasteiger partial charge in [0.05, 0.1) is 12.2 Å². The Balaban J connectivity index is -0.000000339. The zero-order chi connectivity index (χ0) is 18.3. The summed E-state index contributed by atoms with van der Waals surface area (Å²) in [4.78, 5) is 0. The monoisotopic (exact) mass is 330 g/mol. The first-order chi connectivity index (χ1) is 11.3. The zero-order valence-electron chi connectivity index (χ0n) is 18.0. The maximum absolute atomic E-state index is 6.13. The van der Waals surface area contributed by atoms with Crippen LogP contribution in [0.15, 0.2) is 0 Å². The van der Waals surface area contributed by atoms with Crippen molar-refractivity contribution in [2.45, 2.75) is 145 Å². The van der Waals surface area contributed by atoms with Gasteiger partial charge in [0.1, 0.15) is 0 Å². The van der Waals surface area contributed by atoms with Gasteiger partial charge >= 0.3 is 0 Å². The minimum absolute atomic E-state index is 0.622. The molecule has 2 aliphatic carbocycles. The Morgan fingerprint density at radius 3 is 0.957 bits per heavy atom. The Morgan fingerprint density at radius 1 is 0.522 bits per heavy atom. The highest BCUT2D eigenvalue weighted by Crippen LogP contribution is 2.26. The summed E-state index contributed by atoms with van der Waals surface area (Å²) in [7, 11) is 0. The highest BCUT2D eigenvalue weighted by molar-refractivity contribution is 4.71. The molecule has 2 saturated carbocycles. The van der Waals surface area contributed by atoms with Crippen LogP contribution in [-0.2, 0) is 4.74 Å². The molecule has 144 valence electrons. The van der Waals surface area contributed by atoms with Crippen LogP contribution in [0.1, 0.15) is 132 Å². The first-order valence-corrected chi connectivity index (χ1v) is 10.9. The molecule has 0 bridgehead atoms. The van der Waals surface area contributed by atoms with E-state index in [1.54, 1.807) is 0 Å². The lowest BCUT2D eigenvalue weighted by atomic mass is 9.95. The number of hydrogen-bond donors (Lipinski definition) is 0. The first kappa shape index (κ1) is 27.8. The quantitative estimate of drug-likeness (QED) is 0.492. The molecule has 1 nitrogen and oxygen atoms in total. The Kier molecular flexibility index (Phi) is 32.4. The van der Waals surface area contributed by atoms with Crippen LogP contribution in [0.25, 0.3) is 0 Å². The highest BCUT2D eigenvalue weighted by Gasteiger charge is 2.20. The SMILES string of the molecule is C1CCC(OC2CCCCC2)CC1.CC.CC.CCC.CCC. The normalized spacial score (nSPS) is 17.7. The van der Waals surface area contributed by atoms with E-state index in [1.165, 1.54) is 77.0 Å². The molecular weight excluding hydrogens is 280 g/mol. The Morgan fingerprint density at radius 2 is 0.739 bits per heavy atom. The lowest BCUT2D eigenvalue weighted by Gasteiger charge is -2.29. The first-order valence-electron chi connectivity index (χ1n) is 10.9. The summed E-state index contributed by atoms with van der Waals surface area (Å²) in [6.45, 7) is 16.5. The molecule has 23 heavy (non-hydrogen) atoms. The molecule has 0 aliphatic heterocycles. The Labute approximate surface area is 150 Å². The molecule has 1 heteroatoms. The van der Waals surface area contributed by atoms with Gasteiger partial charge in [-0.1, -0.05) is 107 Å². The molecule has 0 aromatic heterocycles. The minimum Gasteiger partial charge on any atom is -0.375 e. The van der Waals surface area contributed by atoms with Crippen LogP contribution in [0.2, 0.25) is 0 Å². The van der Waals surface area contributed by atoms with Gasteiger partial charge in [-0.05, 0) is 25.7 Å². The molecule has 0 aromatic carbocycles. The van der Waals surface area contributed by atoms with E-state index in [-0.39, 0.29) is 0 Å². The summed E-state index contributed by atoms with van der Waals surface area (Å²) in [5.74, 6) is 0. The van der Waals surface area contributed by atoms with E-state index in [4.69, 9.17) is 4.74 Å². The summed E-state index contributed by atoms with van der Waals surface area (Å²) >= 11 is 0. The summed E-state index contributed by atoms with van der Waals surface area (Å²) in [6.07, 6.45) is 17.5. The molecule has 2 aliphatic rings. The van der Waals surface area contributed by atoms with Crippen molar-refractivity contribution in [1.29, 1.82) is 0 Å². The van der Waals surface area contributed by atoms with Crippen LogP contribution in [0.5, 0.6) is 0 Å². The molecule has 0 atom stereocenters. The average molecular weight is 331 g/mol. The van der Waals surface area contributed by atoms with Crippen LogP contribution in [0.4, 0.5) is 0 Å². The molecule has 0 heterocycles. The second kappa shape index (κ2) is 26.8. The van der Waals surface area contributed by atoms with Gasteiger partial charge in [-0.3, -0.25) is 0 Å². The maximum Gasteiger partial charge on any atom is 0.0578 e. The third kappa shape index (κ3) is 22.0. The van der Waals surface area contributed by atoms with Gasteiger partial charge in [0.15, 0.2) is 0 Å². The van der Waals surface area contributed by atoms with Gasteiger partial charge in [0.2, 0.25) is 0 Å². The van der Waals surface area contributed by atoms with E-state index in [9.17, 15) is 0 Å². The number of ether oxygens (including phenoxy) is 1. The van der Waals surface area contributed by atoms with Gasteiger partial charge in [0, 0.05) is 0 Å². The van der Waals surface area contributed by atoms with Gasteiger partial charge in [-0.25, -0.2) is 0 Å². The van der Waals surface area contributed by atoms with Crippen molar-refractivity contribution in [3.8, 4) is 0 Å². The standard InChI is InChI=1S/C12H22O.2C3H8.2C2H6/c1-3-7-11(8-4-1)13-12-9-5-2-6-10-12;2*1-3-2;2*1-2/h11-12H,1-10H2;2*3H2,1-2H3;2*1-2H3. The third-order valence-electron chi connectivity index (χ3n) is 3.49. The van der Waals surface area contributed by atoms with Crippen molar-refractivity contribution in [1.82, 2.24) is 0 Å². The van der Waals surface area contributed by atoms with E-state index < -0.39 is 0 Å². The van der Waals surface area contributed by atoms with E-state index in [0.29, 0.717) is 12.2 Å². The van der Waals surface area contributed by atoms with Crippen LogP contribution in [0, 0.1) is 0 Å². The fourth-order valence-electron chi connectivity index (χ4n) is 2.67. The van der Waals surface area contributed by atoms with Crippen molar-refractivity contribution < 1.29 is 4.74 Å². The second-order valence-electron chi connectivity index (χ2n) is 6.07. The van der Waals surface area contributed by atoms with Crippen LogP contribution in [-0.4, -0.2) is 12.2 Å². The largest absolute Gasteiger partial charge is 0.375 e. The predicted octanol–water partition coefficient (Wildman–Crippen LogP) is 8.55. The lowest BCUT2D eigenvalue weighted by molar-refractivity contribution is -0.0450. The lowest BCUT2D eigenvalue weighted by Crippen LogP contribution is -2.25. The molecule has 0 saturated heterocycles. The molecule has 0 spiro atoms. The molecule has 0 aromatic rings. The topological polar surface area (TPSA) is 9.23 Å². The van der Waals surface area contributed by atoms with E-state index in [1.807, 2.05) is 27.7 Å². The fourth-order valence-corrected chi connectivity index (χ4v) is 2.67. The second-order valence-corrected chi connectivity index (χ2v) is 6.07. The third-order valence-corrected chi connectivity index (χ3v) is 3.49. The molecule has 2 rings (SSSR count). The minimum atomic E-state index is 0.622. The molecule has 0 N–H and O–H groups in total. The Hall–Kier alpha value is -0.0400. The van der Waals surface area contributed by atoms with E-state index in [0.717, 1.165) is 0 Å². The van der Waals surface area contributed by atoms with Gasteiger partial charge in [-0.15, -0.1) is 0 Å². The maximum atomic E-state index is 6.13. The molecule has 0 amide bonds. The van der Waals surface area contributed by atoms with Crippen molar-refractivity contribution >= 4 is 0 Å². The van der Waals surface area contributed by atoms with Crippen LogP contribution in [0.3, 0.4) is 0 Å². The predicted molar refractivity (Wildman–Crippen MR) is 109 cm³/mol. The van der Waals surface area contributed by atoms with Crippen molar-refractivity contribution in [2.75, 3.05) is 0 Å². The molecule has 2 fully saturated rings. The van der Waals surface area contributed by atoms with Gasteiger partial charge < -0.3 is 4.74 Å². The van der Waals surface area contributed by atoms with Crippen molar-refractivity contribution in [3.63, 3.8) is 0 Å². The van der Waals surface area contributed by atoms with Crippen LogP contribution >= 0.6 is 0 Å². The highest BCUT2D eigenvalue weighted by atomic mass is 16.5. The summed E-state index contributed by atoms with van der Waals surface area (Å²) < 4.78 is 6.13. The van der Waals surface area contributed by atoms with Gasteiger partial charge in [0.25, 0.3) is 0 Å². The smallest absolute Gasteiger partial charge is 0.0578 e.